The number of rotatable bonds is 10. The van der Waals surface area contributed by atoms with Crippen molar-refractivity contribution < 1.29 is 32.3 Å². The molecule has 2 atom stereocenters. The zero-order valence-electron chi connectivity index (χ0n) is 30.2. The van der Waals surface area contributed by atoms with Crippen LogP contribution in [0.5, 0.6) is 5.75 Å². The van der Waals surface area contributed by atoms with Gasteiger partial charge in [-0.05, 0) is 110 Å². The van der Waals surface area contributed by atoms with Crippen molar-refractivity contribution in [3.8, 4) is 45.9 Å². The molecule has 0 aliphatic carbocycles. The van der Waals surface area contributed by atoms with E-state index in [2.05, 4.69) is 17.9 Å². The number of alkyl halides is 2. The molecule has 0 amide bonds. The summed E-state index contributed by atoms with van der Waals surface area (Å²) in [6.07, 6.45) is 2.36. The molecule has 8 rings (SSSR count). The fourth-order valence-corrected chi connectivity index (χ4v) is 8.08. The molecule has 0 saturated carbocycles. The van der Waals surface area contributed by atoms with Crippen LogP contribution in [0.25, 0.3) is 56.2 Å². The number of aromatic nitrogens is 2. The van der Waals surface area contributed by atoms with Gasteiger partial charge in [0, 0.05) is 42.4 Å². The molecule has 2 aliphatic rings. The Kier molecular flexibility index (Phi) is 9.37. The summed E-state index contributed by atoms with van der Waals surface area (Å²) in [4.78, 5) is 25.6. The second-order valence-corrected chi connectivity index (χ2v) is 14.5. The Hall–Kier alpha value is -5.64. The van der Waals surface area contributed by atoms with Gasteiger partial charge >= 0.3 is 12.6 Å². The van der Waals surface area contributed by atoms with Crippen LogP contribution in [0.2, 0.25) is 0 Å². The van der Waals surface area contributed by atoms with Crippen LogP contribution in [0, 0.1) is 31.1 Å². The van der Waals surface area contributed by atoms with E-state index in [0.29, 0.717) is 64.8 Å². The number of carboxylic acid groups (broad SMARTS) is 1. The summed E-state index contributed by atoms with van der Waals surface area (Å²) in [5.74, 6) is 0.387. The Bertz CT molecular complexity index is 2450. The maximum absolute atomic E-state index is 13.5. The number of nitriles is 1. The van der Waals surface area contributed by atoms with Gasteiger partial charge in [0.15, 0.2) is 11.2 Å². The molecule has 2 aliphatic heterocycles. The number of likely N-dealkylation sites (tertiary alicyclic amines) is 2. The quantitative estimate of drug-likeness (QED) is 0.146. The van der Waals surface area contributed by atoms with Crippen molar-refractivity contribution >= 4 is 28.2 Å². The topological polar surface area (TPSA) is 129 Å². The number of hydrogen-bond acceptors (Lipinski definition) is 9. The van der Waals surface area contributed by atoms with Crippen molar-refractivity contribution in [1.82, 2.24) is 19.8 Å². The third kappa shape index (κ3) is 6.70. The first kappa shape index (κ1) is 35.4. The fraction of sp³-hybridized carbons (Fsp3) is 0.333. The minimum absolute atomic E-state index is 0.0762. The van der Waals surface area contributed by atoms with E-state index in [9.17, 15) is 23.9 Å². The number of carbonyl (C=O) groups is 1. The number of benzene rings is 4. The zero-order chi connectivity index (χ0) is 37.7. The number of carboxylic acids is 1. The normalized spacial score (nSPS) is 17.9. The van der Waals surface area contributed by atoms with E-state index in [1.807, 2.05) is 62.4 Å². The first-order valence-electron chi connectivity index (χ1n) is 18.2. The Morgan fingerprint density at radius 1 is 0.944 bits per heavy atom. The highest BCUT2D eigenvalue weighted by Crippen LogP contribution is 2.39. The molecule has 0 radical (unpaired) electrons. The lowest BCUT2D eigenvalue weighted by molar-refractivity contribution is -0.142. The molecule has 4 aromatic carbocycles. The maximum Gasteiger partial charge on any atom is 0.387 e. The molecule has 0 bridgehead atoms. The predicted molar refractivity (Wildman–Crippen MR) is 199 cm³/mol. The van der Waals surface area contributed by atoms with E-state index < -0.39 is 18.6 Å². The molecule has 6 aromatic rings. The molecule has 10 nitrogen and oxygen atoms in total. The summed E-state index contributed by atoms with van der Waals surface area (Å²) >= 11 is 0. The molecular formula is C42H39F2N5O5. The standard InChI is InChI=1S/C42H39F2N5O5/c1-23-12-14-48(20-23)21-26-15-27(19-45)38-34(16-26)47-40(54-38)32-10-5-8-30(25(32)3)29-7-4-9-31(24(29)2)39-46-33-17-28(22-49-13-6-11-35(49)41(50)51)36(53-42(43)44)18-37(33)52-39/h4-5,7-10,15-18,23,35,42H,6,11-14,20-22H2,1-3H3,(H,50,51)/t23-,35-/m0/s1. The Labute approximate surface area is 310 Å². The number of hydrogen-bond donors (Lipinski definition) is 1. The van der Waals surface area contributed by atoms with Gasteiger partial charge in [-0.25, -0.2) is 9.97 Å². The first-order valence-corrected chi connectivity index (χ1v) is 18.2. The van der Waals surface area contributed by atoms with Gasteiger partial charge in [-0.2, -0.15) is 14.0 Å². The van der Waals surface area contributed by atoms with Crippen molar-refractivity contribution in [2.45, 2.75) is 65.8 Å². The lowest BCUT2D eigenvalue weighted by atomic mass is 9.91. The van der Waals surface area contributed by atoms with Gasteiger partial charge in [0.05, 0.1) is 5.56 Å². The van der Waals surface area contributed by atoms with Gasteiger partial charge < -0.3 is 18.7 Å². The Morgan fingerprint density at radius 3 is 2.28 bits per heavy atom. The SMILES string of the molecule is Cc1c(-c2nc3cc(CN4CCC[C@H]4C(=O)O)c(OC(F)F)cc3o2)cccc1-c1cccc(-c2nc3cc(CN4CC[C@H](C)C4)cc(C#N)c3o2)c1C. The number of ether oxygens (including phenoxy) is 1. The number of aliphatic carboxylic acids is 1. The average molecular weight is 732 g/mol. The van der Waals surface area contributed by atoms with E-state index in [4.69, 9.17) is 23.5 Å². The van der Waals surface area contributed by atoms with Crippen molar-refractivity contribution in [1.29, 1.82) is 5.26 Å². The highest BCUT2D eigenvalue weighted by atomic mass is 19.3. The smallest absolute Gasteiger partial charge is 0.387 e. The zero-order valence-corrected chi connectivity index (χ0v) is 30.2. The Morgan fingerprint density at radius 2 is 1.63 bits per heavy atom. The van der Waals surface area contributed by atoms with Gasteiger partial charge in [-0.3, -0.25) is 14.6 Å². The molecule has 12 heteroatoms. The number of oxazole rings is 2. The van der Waals surface area contributed by atoms with Gasteiger partial charge in [-0.1, -0.05) is 31.2 Å². The fourth-order valence-electron chi connectivity index (χ4n) is 8.08. The van der Waals surface area contributed by atoms with Crippen molar-refractivity contribution in [2.24, 2.45) is 5.92 Å². The molecule has 0 unspecified atom stereocenters. The molecule has 4 heterocycles. The second kappa shape index (κ2) is 14.3. The highest BCUT2D eigenvalue weighted by molar-refractivity contribution is 5.86. The first-order chi connectivity index (χ1) is 26.1. The van der Waals surface area contributed by atoms with Crippen LogP contribution in [0.3, 0.4) is 0 Å². The van der Waals surface area contributed by atoms with Crippen LogP contribution >= 0.6 is 0 Å². The van der Waals surface area contributed by atoms with Crippen LogP contribution in [-0.4, -0.2) is 63.1 Å². The number of fused-ring (bicyclic) bond motifs is 2. The lowest BCUT2D eigenvalue weighted by Crippen LogP contribution is -2.35. The third-order valence-corrected chi connectivity index (χ3v) is 10.8. The van der Waals surface area contributed by atoms with Gasteiger partial charge in [0.25, 0.3) is 0 Å². The van der Waals surface area contributed by atoms with E-state index in [1.165, 1.54) is 12.5 Å². The summed E-state index contributed by atoms with van der Waals surface area (Å²) in [5.41, 5.74) is 8.98. The summed E-state index contributed by atoms with van der Waals surface area (Å²) in [6, 6.07) is 20.3. The molecule has 2 fully saturated rings. The van der Waals surface area contributed by atoms with Crippen molar-refractivity contribution in [3.05, 3.63) is 88.5 Å². The monoisotopic (exact) mass is 731 g/mol. The van der Waals surface area contributed by atoms with Crippen LogP contribution in [0.1, 0.15) is 54.0 Å². The van der Waals surface area contributed by atoms with Crippen LogP contribution in [-0.2, 0) is 17.9 Å². The molecule has 54 heavy (non-hydrogen) atoms. The molecule has 0 spiro atoms. The van der Waals surface area contributed by atoms with Crippen molar-refractivity contribution in [3.63, 3.8) is 0 Å². The van der Waals surface area contributed by atoms with Gasteiger partial charge in [-0.15, -0.1) is 0 Å². The minimum atomic E-state index is -3.07. The molecule has 2 saturated heterocycles. The number of nitrogens with zero attached hydrogens (tertiary/aromatic N) is 5. The second-order valence-electron chi connectivity index (χ2n) is 14.5. The average Bonchev–Trinajstić information content (AvgIpc) is 3.95. The lowest BCUT2D eigenvalue weighted by Gasteiger charge is -2.22. The summed E-state index contributed by atoms with van der Waals surface area (Å²) < 4.78 is 44.3. The van der Waals surface area contributed by atoms with Crippen LogP contribution in [0.4, 0.5) is 8.78 Å². The summed E-state index contributed by atoms with van der Waals surface area (Å²) in [6.45, 7) is 6.68. The molecule has 2 aromatic heterocycles. The minimum Gasteiger partial charge on any atom is -0.480 e. The largest absolute Gasteiger partial charge is 0.480 e. The van der Waals surface area contributed by atoms with Crippen molar-refractivity contribution in [2.75, 3.05) is 19.6 Å². The molecular weight excluding hydrogens is 692 g/mol. The molecule has 276 valence electrons. The Balaban J connectivity index is 1.13. The molecule has 1 N–H and O–H groups in total. The summed E-state index contributed by atoms with van der Waals surface area (Å²) in [7, 11) is 0. The van der Waals surface area contributed by atoms with Gasteiger partial charge in [0.1, 0.15) is 28.9 Å². The third-order valence-electron chi connectivity index (χ3n) is 10.8. The van der Waals surface area contributed by atoms with E-state index >= 15 is 0 Å². The predicted octanol–water partition coefficient (Wildman–Crippen LogP) is 8.95. The van der Waals surface area contributed by atoms with Gasteiger partial charge in [0.2, 0.25) is 11.8 Å². The van der Waals surface area contributed by atoms with Crippen LogP contribution in [0.15, 0.2) is 69.5 Å². The van der Waals surface area contributed by atoms with E-state index in [1.54, 1.807) is 11.0 Å². The number of halogens is 2. The van der Waals surface area contributed by atoms with E-state index in [0.717, 1.165) is 58.6 Å². The highest BCUT2D eigenvalue weighted by Gasteiger charge is 2.32. The summed E-state index contributed by atoms with van der Waals surface area (Å²) in [5, 5.41) is 19.7. The van der Waals surface area contributed by atoms with E-state index in [-0.39, 0.29) is 17.9 Å². The van der Waals surface area contributed by atoms with Crippen LogP contribution < -0.4 is 4.74 Å². The maximum atomic E-state index is 13.5.